The number of aryl methyl sites for hydroxylation is 1. The monoisotopic (exact) mass is 211 g/mol. The number of aliphatic hydroxyl groups is 1. The SMILES string of the molecule is Cc1cc(N2CC(C)C(O)C2)nc(F)n1. The average molecular weight is 211 g/mol. The summed E-state index contributed by atoms with van der Waals surface area (Å²) < 4.78 is 13.0. The van der Waals surface area contributed by atoms with Gasteiger partial charge in [0, 0.05) is 30.8 Å². The largest absolute Gasteiger partial charge is 0.391 e. The smallest absolute Gasteiger partial charge is 0.310 e. The first-order valence-corrected chi connectivity index (χ1v) is 5.00. The molecule has 4 nitrogen and oxygen atoms in total. The van der Waals surface area contributed by atoms with Gasteiger partial charge >= 0.3 is 6.08 Å². The normalized spacial score (nSPS) is 26.0. The molecular formula is C10H14FN3O. The summed E-state index contributed by atoms with van der Waals surface area (Å²) in [7, 11) is 0. The van der Waals surface area contributed by atoms with Gasteiger partial charge in [-0.15, -0.1) is 0 Å². The molecule has 1 aromatic heterocycles. The van der Waals surface area contributed by atoms with Gasteiger partial charge in [-0.05, 0) is 6.92 Å². The number of halogens is 1. The number of rotatable bonds is 1. The van der Waals surface area contributed by atoms with Crippen LogP contribution in [0.3, 0.4) is 0 Å². The van der Waals surface area contributed by atoms with Gasteiger partial charge in [-0.25, -0.2) is 4.98 Å². The average Bonchev–Trinajstić information content (AvgIpc) is 2.45. The summed E-state index contributed by atoms with van der Waals surface area (Å²) in [6.45, 7) is 4.91. The standard InChI is InChI=1S/C10H14FN3O/c1-6-4-14(5-8(6)15)9-3-7(2)12-10(11)13-9/h3,6,8,15H,4-5H2,1-2H3. The maximum atomic E-state index is 13.0. The molecular weight excluding hydrogens is 197 g/mol. The third-order valence-electron chi connectivity index (χ3n) is 2.71. The summed E-state index contributed by atoms with van der Waals surface area (Å²) in [6, 6.07) is 1.73. The molecule has 1 aromatic rings. The second-order valence-corrected chi connectivity index (χ2v) is 4.09. The van der Waals surface area contributed by atoms with Crippen LogP contribution in [0.4, 0.5) is 10.2 Å². The summed E-state index contributed by atoms with van der Waals surface area (Å²) >= 11 is 0. The van der Waals surface area contributed by atoms with Crippen LogP contribution in [0.1, 0.15) is 12.6 Å². The number of aromatic nitrogens is 2. The van der Waals surface area contributed by atoms with Gasteiger partial charge in [0.1, 0.15) is 5.82 Å². The second kappa shape index (κ2) is 3.73. The fourth-order valence-electron chi connectivity index (χ4n) is 1.82. The highest BCUT2D eigenvalue weighted by Crippen LogP contribution is 2.22. The van der Waals surface area contributed by atoms with Crippen LogP contribution in [0.5, 0.6) is 0 Å². The minimum atomic E-state index is -0.709. The van der Waals surface area contributed by atoms with Crippen molar-refractivity contribution in [2.45, 2.75) is 20.0 Å². The molecule has 82 valence electrons. The Morgan fingerprint density at radius 3 is 2.73 bits per heavy atom. The lowest BCUT2D eigenvalue weighted by Gasteiger charge is -2.16. The maximum absolute atomic E-state index is 13.0. The highest BCUT2D eigenvalue weighted by molar-refractivity contribution is 5.40. The first kappa shape index (κ1) is 10.3. The lowest BCUT2D eigenvalue weighted by molar-refractivity contribution is 0.157. The van der Waals surface area contributed by atoms with Crippen molar-refractivity contribution >= 4 is 5.82 Å². The first-order valence-electron chi connectivity index (χ1n) is 5.00. The Hall–Kier alpha value is -1.23. The molecule has 1 aliphatic rings. The van der Waals surface area contributed by atoms with Crippen LogP contribution < -0.4 is 4.90 Å². The summed E-state index contributed by atoms with van der Waals surface area (Å²) in [6.07, 6.45) is -1.07. The van der Waals surface area contributed by atoms with Crippen LogP contribution in [0.15, 0.2) is 6.07 Å². The Morgan fingerprint density at radius 2 is 2.20 bits per heavy atom. The van der Waals surface area contributed by atoms with Gasteiger partial charge in [-0.2, -0.15) is 9.37 Å². The van der Waals surface area contributed by atoms with Crippen molar-refractivity contribution in [1.82, 2.24) is 9.97 Å². The van der Waals surface area contributed by atoms with Gasteiger partial charge in [0.25, 0.3) is 0 Å². The van der Waals surface area contributed by atoms with E-state index in [0.29, 0.717) is 24.6 Å². The molecule has 0 bridgehead atoms. The molecule has 2 atom stereocenters. The molecule has 0 amide bonds. The van der Waals surface area contributed by atoms with Crippen molar-refractivity contribution in [3.05, 3.63) is 17.8 Å². The molecule has 5 heteroatoms. The molecule has 0 spiro atoms. The van der Waals surface area contributed by atoms with E-state index >= 15 is 0 Å². The predicted octanol–water partition coefficient (Wildman–Crippen LogP) is 0.741. The van der Waals surface area contributed by atoms with E-state index in [-0.39, 0.29) is 12.0 Å². The van der Waals surface area contributed by atoms with Crippen molar-refractivity contribution in [2.75, 3.05) is 18.0 Å². The molecule has 0 saturated carbocycles. The summed E-state index contributed by atoms with van der Waals surface area (Å²) in [5.41, 5.74) is 0.603. The molecule has 1 fully saturated rings. The number of hydrogen-bond donors (Lipinski definition) is 1. The van der Waals surface area contributed by atoms with E-state index in [9.17, 15) is 9.50 Å². The Morgan fingerprint density at radius 1 is 1.47 bits per heavy atom. The Balaban J connectivity index is 2.23. The van der Waals surface area contributed by atoms with Crippen LogP contribution in [-0.4, -0.2) is 34.3 Å². The number of nitrogens with zero attached hydrogens (tertiary/aromatic N) is 3. The van der Waals surface area contributed by atoms with Gasteiger partial charge in [0.05, 0.1) is 6.10 Å². The minimum Gasteiger partial charge on any atom is -0.391 e. The Bertz CT molecular complexity index is 341. The summed E-state index contributed by atoms with van der Waals surface area (Å²) in [5, 5.41) is 9.59. The second-order valence-electron chi connectivity index (χ2n) is 4.09. The van der Waals surface area contributed by atoms with Crippen LogP contribution in [0.25, 0.3) is 0 Å². The van der Waals surface area contributed by atoms with E-state index in [2.05, 4.69) is 9.97 Å². The number of anilines is 1. The number of hydrogen-bond acceptors (Lipinski definition) is 4. The molecule has 0 aliphatic carbocycles. The highest BCUT2D eigenvalue weighted by Gasteiger charge is 2.28. The molecule has 0 aromatic carbocycles. The summed E-state index contributed by atoms with van der Waals surface area (Å²) in [4.78, 5) is 9.18. The van der Waals surface area contributed by atoms with Crippen molar-refractivity contribution in [3.63, 3.8) is 0 Å². The van der Waals surface area contributed by atoms with Crippen molar-refractivity contribution in [2.24, 2.45) is 5.92 Å². The van der Waals surface area contributed by atoms with Gasteiger partial charge < -0.3 is 10.0 Å². The Kier molecular flexibility index (Phi) is 2.56. The van der Waals surface area contributed by atoms with Crippen LogP contribution >= 0.6 is 0 Å². The molecule has 2 unspecified atom stereocenters. The molecule has 15 heavy (non-hydrogen) atoms. The first-order chi connectivity index (χ1) is 7.06. The third kappa shape index (κ3) is 2.07. The third-order valence-corrected chi connectivity index (χ3v) is 2.71. The number of β-amino-alcohol motifs (C(OH)–C–C–N with tert-alkyl or cyclic N) is 1. The van der Waals surface area contributed by atoms with Gasteiger partial charge in [-0.1, -0.05) is 6.92 Å². The zero-order valence-corrected chi connectivity index (χ0v) is 8.81. The van der Waals surface area contributed by atoms with E-state index in [1.165, 1.54) is 0 Å². The quantitative estimate of drug-likeness (QED) is 0.696. The Labute approximate surface area is 87.8 Å². The van der Waals surface area contributed by atoms with E-state index in [1.54, 1.807) is 13.0 Å². The summed E-state index contributed by atoms with van der Waals surface area (Å²) in [5.74, 6) is 0.756. The van der Waals surface area contributed by atoms with Gasteiger partial charge in [0.15, 0.2) is 0 Å². The fourth-order valence-corrected chi connectivity index (χ4v) is 1.82. The van der Waals surface area contributed by atoms with Crippen LogP contribution in [0, 0.1) is 18.9 Å². The fraction of sp³-hybridized carbons (Fsp3) is 0.600. The topological polar surface area (TPSA) is 49.2 Å². The number of aliphatic hydroxyl groups excluding tert-OH is 1. The molecule has 2 heterocycles. The minimum absolute atomic E-state index is 0.198. The van der Waals surface area contributed by atoms with Crippen molar-refractivity contribution < 1.29 is 9.50 Å². The highest BCUT2D eigenvalue weighted by atomic mass is 19.1. The zero-order chi connectivity index (χ0) is 11.0. The molecule has 1 saturated heterocycles. The van der Waals surface area contributed by atoms with E-state index in [1.807, 2.05) is 11.8 Å². The van der Waals surface area contributed by atoms with E-state index < -0.39 is 6.08 Å². The van der Waals surface area contributed by atoms with E-state index in [0.717, 1.165) is 0 Å². The molecule has 0 radical (unpaired) electrons. The van der Waals surface area contributed by atoms with Crippen molar-refractivity contribution in [3.8, 4) is 0 Å². The molecule has 1 aliphatic heterocycles. The van der Waals surface area contributed by atoms with Gasteiger partial charge in [0.2, 0.25) is 0 Å². The zero-order valence-electron chi connectivity index (χ0n) is 8.81. The van der Waals surface area contributed by atoms with Crippen LogP contribution in [0.2, 0.25) is 0 Å². The molecule has 2 rings (SSSR count). The van der Waals surface area contributed by atoms with Gasteiger partial charge in [-0.3, -0.25) is 0 Å². The lowest BCUT2D eigenvalue weighted by atomic mass is 10.1. The van der Waals surface area contributed by atoms with E-state index in [4.69, 9.17) is 0 Å². The predicted molar refractivity (Wildman–Crippen MR) is 54.1 cm³/mol. The lowest BCUT2D eigenvalue weighted by Crippen LogP contribution is -2.22. The van der Waals surface area contributed by atoms with Crippen LogP contribution in [-0.2, 0) is 0 Å². The van der Waals surface area contributed by atoms with Crippen molar-refractivity contribution in [1.29, 1.82) is 0 Å². The molecule has 1 N–H and O–H groups in total. The maximum Gasteiger partial charge on any atom is 0.310 e.